The lowest BCUT2D eigenvalue weighted by molar-refractivity contribution is 0.487. The third kappa shape index (κ3) is 4.73. The van der Waals surface area contributed by atoms with Gasteiger partial charge in [0.05, 0.1) is 22.1 Å². The second-order valence-electron chi connectivity index (χ2n) is 15.3. The maximum absolute atomic E-state index is 6.67. The fourth-order valence-electron chi connectivity index (χ4n) is 9.76. The first-order chi connectivity index (χ1) is 28.8. The number of ether oxygens (including phenoxy) is 1. The molecule has 0 saturated carbocycles. The van der Waals surface area contributed by atoms with Gasteiger partial charge < -0.3 is 13.9 Å². The van der Waals surface area contributed by atoms with E-state index in [0.29, 0.717) is 0 Å². The van der Waals surface area contributed by atoms with Crippen LogP contribution < -0.4 is 25.5 Å². The summed E-state index contributed by atoms with van der Waals surface area (Å²) in [5.74, 6) is 1.88. The predicted octanol–water partition coefficient (Wildman–Crippen LogP) is 11.0. The van der Waals surface area contributed by atoms with Crippen LogP contribution >= 0.6 is 0 Å². The number of rotatable bonds is 5. The minimum Gasteiger partial charge on any atom is -0.458 e. The standard InChI is InChI=1S/C54H36N2OSi/c1-3-15-37(16-4-1)38-27-29-39(30-28-38)55-48-22-10-8-20-44(48)46-35-40(31-34-49(46)55)56-47-21-9-7-19-43(47)45-33-32-42(36-50(45)56)58(41-17-5-2-6-18-41)53-25-13-11-23-51(53)57-52-24-12-14-26-54(52)58/h1-36H. The van der Waals surface area contributed by atoms with Gasteiger partial charge in [-0.25, -0.2) is 0 Å². The number of hydrogen-bond acceptors (Lipinski definition) is 1. The van der Waals surface area contributed by atoms with Crippen LogP contribution in [0.15, 0.2) is 218 Å². The van der Waals surface area contributed by atoms with Gasteiger partial charge in [0, 0.05) is 32.9 Å². The second-order valence-corrected chi connectivity index (χ2v) is 19.0. The van der Waals surface area contributed by atoms with Crippen molar-refractivity contribution in [3.05, 3.63) is 218 Å². The first-order valence-electron chi connectivity index (χ1n) is 19.9. The molecule has 0 N–H and O–H groups in total. The lowest BCUT2D eigenvalue weighted by Crippen LogP contribution is -2.76. The van der Waals surface area contributed by atoms with Crippen molar-refractivity contribution in [2.75, 3.05) is 0 Å². The fourth-order valence-corrected chi connectivity index (χ4v) is 14.7. The summed E-state index contributed by atoms with van der Waals surface area (Å²) in [5, 5.41) is 10.2. The molecule has 0 spiro atoms. The Bertz CT molecular complexity index is 3320. The quantitative estimate of drug-likeness (QED) is 0.160. The Morgan fingerprint density at radius 2 is 0.810 bits per heavy atom. The molecule has 0 saturated heterocycles. The molecule has 11 aromatic rings. The molecule has 0 radical (unpaired) electrons. The largest absolute Gasteiger partial charge is 0.458 e. The van der Waals surface area contributed by atoms with Crippen molar-refractivity contribution in [2.45, 2.75) is 0 Å². The van der Waals surface area contributed by atoms with Gasteiger partial charge in [0.25, 0.3) is 0 Å². The molecule has 9 aromatic carbocycles. The lowest BCUT2D eigenvalue weighted by atomic mass is 10.1. The molecule has 58 heavy (non-hydrogen) atoms. The Morgan fingerprint density at radius 1 is 0.310 bits per heavy atom. The highest BCUT2D eigenvalue weighted by atomic mass is 28.3. The Morgan fingerprint density at radius 3 is 1.50 bits per heavy atom. The highest BCUT2D eigenvalue weighted by Crippen LogP contribution is 2.38. The van der Waals surface area contributed by atoms with Crippen LogP contribution in [0.2, 0.25) is 0 Å². The normalized spacial score (nSPS) is 13.1. The molecular formula is C54H36N2OSi. The van der Waals surface area contributed by atoms with Crippen LogP contribution in [-0.2, 0) is 0 Å². The van der Waals surface area contributed by atoms with Gasteiger partial charge in [-0.1, -0.05) is 158 Å². The van der Waals surface area contributed by atoms with Crippen molar-refractivity contribution < 1.29 is 4.74 Å². The minimum absolute atomic E-state index is 0.939. The van der Waals surface area contributed by atoms with E-state index in [1.807, 2.05) is 0 Å². The van der Waals surface area contributed by atoms with E-state index < -0.39 is 8.07 Å². The Labute approximate surface area is 337 Å². The molecule has 4 heteroatoms. The average molecular weight is 757 g/mol. The maximum Gasteiger partial charge on any atom is 0.188 e. The van der Waals surface area contributed by atoms with Gasteiger partial charge in [-0.15, -0.1) is 0 Å². The van der Waals surface area contributed by atoms with Crippen molar-refractivity contribution in [2.24, 2.45) is 0 Å². The van der Waals surface area contributed by atoms with Crippen LogP contribution in [-0.4, -0.2) is 17.2 Å². The van der Waals surface area contributed by atoms with Crippen LogP contribution in [0.3, 0.4) is 0 Å². The summed E-state index contributed by atoms with van der Waals surface area (Å²) in [6.07, 6.45) is 0. The first kappa shape index (κ1) is 32.8. The number of para-hydroxylation sites is 4. The van der Waals surface area contributed by atoms with E-state index in [1.165, 1.54) is 75.5 Å². The molecule has 0 amide bonds. The molecular weight excluding hydrogens is 721 g/mol. The van der Waals surface area contributed by atoms with Crippen molar-refractivity contribution in [3.8, 4) is 34.0 Å². The first-order valence-corrected chi connectivity index (χ1v) is 21.9. The van der Waals surface area contributed by atoms with E-state index in [0.717, 1.165) is 22.9 Å². The summed E-state index contributed by atoms with van der Waals surface area (Å²) in [4.78, 5) is 0. The number of nitrogens with zero attached hydrogens (tertiary/aromatic N) is 2. The average Bonchev–Trinajstić information content (AvgIpc) is 3.81. The second kappa shape index (κ2) is 12.8. The van der Waals surface area contributed by atoms with Crippen LogP contribution in [0, 0.1) is 0 Å². The number of hydrogen-bond donors (Lipinski definition) is 0. The summed E-state index contributed by atoms with van der Waals surface area (Å²) in [5.41, 5.74) is 9.49. The lowest BCUT2D eigenvalue weighted by Gasteiger charge is -2.39. The number of fused-ring (bicyclic) bond motifs is 8. The van der Waals surface area contributed by atoms with Gasteiger partial charge in [0.2, 0.25) is 0 Å². The third-order valence-electron chi connectivity index (χ3n) is 12.3. The van der Waals surface area contributed by atoms with E-state index in [-0.39, 0.29) is 0 Å². The summed E-state index contributed by atoms with van der Waals surface area (Å²) < 4.78 is 11.6. The highest BCUT2D eigenvalue weighted by molar-refractivity contribution is 7.20. The van der Waals surface area contributed by atoms with Crippen molar-refractivity contribution >= 4 is 72.4 Å². The number of aromatic nitrogens is 2. The molecule has 0 bridgehead atoms. The van der Waals surface area contributed by atoms with Gasteiger partial charge in [-0.05, 0) is 92.5 Å². The van der Waals surface area contributed by atoms with Gasteiger partial charge >= 0.3 is 0 Å². The van der Waals surface area contributed by atoms with Gasteiger partial charge in [-0.3, -0.25) is 0 Å². The molecule has 3 heterocycles. The van der Waals surface area contributed by atoms with Crippen LogP contribution in [0.5, 0.6) is 11.5 Å². The van der Waals surface area contributed by atoms with Crippen LogP contribution in [0.1, 0.15) is 0 Å². The third-order valence-corrected chi connectivity index (χ3v) is 17.1. The van der Waals surface area contributed by atoms with E-state index >= 15 is 0 Å². The van der Waals surface area contributed by atoms with E-state index in [4.69, 9.17) is 4.74 Å². The zero-order valence-electron chi connectivity index (χ0n) is 31.6. The van der Waals surface area contributed by atoms with E-state index in [9.17, 15) is 0 Å². The van der Waals surface area contributed by atoms with E-state index in [1.54, 1.807) is 0 Å². The summed E-state index contributed by atoms with van der Waals surface area (Å²) in [7, 11) is -2.85. The monoisotopic (exact) mass is 756 g/mol. The molecule has 0 atom stereocenters. The topological polar surface area (TPSA) is 19.1 Å². The molecule has 272 valence electrons. The molecule has 1 aliphatic heterocycles. The van der Waals surface area contributed by atoms with Crippen molar-refractivity contribution in [1.82, 2.24) is 9.13 Å². The maximum atomic E-state index is 6.67. The zero-order chi connectivity index (χ0) is 38.2. The van der Waals surface area contributed by atoms with Crippen molar-refractivity contribution in [1.29, 1.82) is 0 Å². The fraction of sp³-hybridized carbons (Fsp3) is 0. The van der Waals surface area contributed by atoms with Crippen LogP contribution in [0.4, 0.5) is 0 Å². The zero-order valence-corrected chi connectivity index (χ0v) is 32.6. The van der Waals surface area contributed by atoms with E-state index in [2.05, 4.69) is 228 Å². The SMILES string of the molecule is c1ccc(-c2ccc(-n3c4ccccc4c4cc(-n5c6ccccc6c6ccc([Si]7(c8ccccc8)c8ccccc8Oc8ccccc87)cc65)ccc43)cc2)cc1. The Hall–Kier alpha value is -7.40. The van der Waals surface area contributed by atoms with Gasteiger partial charge in [0.15, 0.2) is 8.07 Å². The summed E-state index contributed by atoms with van der Waals surface area (Å²) in [6, 6.07) is 80.0. The molecule has 1 aliphatic rings. The Balaban J connectivity index is 1.10. The highest BCUT2D eigenvalue weighted by Gasteiger charge is 2.48. The molecule has 0 unspecified atom stereocenters. The molecule has 3 nitrogen and oxygen atoms in total. The number of benzene rings is 9. The summed E-state index contributed by atoms with van der Waals surface area (Å²) >= 11 is 0. The minimum atomic E-state index is -2.85. The molecule has 0 fully saturated rings. The smallest absolute Gasteiger partial charge is 0.188 e. The van der Waals surface area contributed by atoms with Crippen molar-refractivity contribution in [3.63, 3.8) is 0 Å². The molecule has 12 rings (SSSR count). The molecule has 0 aliphatic carbocycles. The Kier molecular flexibility index (Phi) is 7.25. The van der Waals surface area contributed by atoms with Gasteiger partial charge in [-0.2, -0.15) is 0 Å². The molecule has 2 aromatic heterocycles. The van der Waals surface area contributed by atoms with Crippen LogP contribution in [0.25, 0.3) is 66.1 Å². The predicted molar refractivity (Wildman–Crippen MR) is 244 cm³/mol. The van der Waals surface area contributed by atoms with Gasteiger partial charge in [0.1, 0.15) is 11.5 Å². The summed E-state index contributed by atoms with van der Waals surface area (Å²) in [6.45, 7) is 0.